The molecule has 15 aromatic rings. The number of furan rings is 2. The van der Waals surface area contributed by atoms with Crippen molar-refractivity contribution in [1.82, 2.24) is 4.57 Å². The maximum atomic E-state index is 6.53. The van der Waals surface area contributed by atoms with Gasteiger partial charge >= 0.3 is 0 Å². The van der Waals surface area contributed by atoms with E-state index in [0.717, 1.165) is 94.7 Å². The summed E-state index contributed by atoms with van der Waals surface area (Å²) >= 11 is 0. The second kappa shape index (κ2) is 17.4. The predicted octanol–water partition coefficient (Wildman–Crippen LogP) is 19.9. The van der Waals surface area contributed by atoms with Gasteiger partial charge in [0.1, 0.15) is 22.3 Å². The van der Waals surface area contributed by atoms with Gasteiger partial charge in [0.15, 0.2) is 0 Å². The van der Waals surface area contributed by atoms with Crippen LogP contribution in [0.25, 0.3) is 82.5 Å². The molecule has 3 heterocycles. The molecule has 0 spiro atoms. The fourth-order valence-corrected chi connectivity index (χ4v) is 12.9. The molecule has 0 N–H and O–H groups in total. The van der Waals surface area contributed by atoms with Gasteiger partial charge in [-0.25, -0.2) is 0 Å². The van der Waals surface area contributed by atoms with Gasteiger partial charge in [0, 0.05) is 84.3 Å². The van der Waals surface area contributed by atoms with Crippen molar-refractivity contribution in [2.24, 2.45) is 0 Å². The number of anilines is 6. The number of aromatic nitrogens is 1. The van der Waals surface area contributed by atoms with Gasteiger partial charge in [0.2, 0.25) is 0 Å². The number of para-hydroxylation sites is 5. The zero-order valence-electron chi connectivity index (χ0n) is 42.3. The minimum absolute atomic E-state index is 0.703. The maximum Gasteiger partial charge on any atom is 0.137 e. The molecule has 5 heteroatoms. The van der Waals surface area contributed by atoms with E-state index in [-0.39, 0.29) is 0 Å². The molecule has 0 radical (unpaired) electrons. The fraction of sp³-hybridized carbons (Fsp3) is 0.0137. The summed E-state index contributed by atoms with van der Waals surface area (Å²) in [7, 11) is 0. The summed E-state index contributed by atoms with van der Waals surface area (Å²) in [5.41, 5.74) is 19.6. The lowest BCUT2D eigenvalue weighted by Crippen LogP contribution is -2.28. The molecule has 366 valence electrons. The van der Waals surface area contributed by atoms with Crippen molar-refractivity contribution >= 4 is 99.8 Å². The molecule has 0 amide bonds. The third-order valence-corrected chi connectivity index (χ3v) is 16.2. The first-order chi connectivity index (χ1) is 38.7. The van der Waals surface area contributed by atoms with E-state index in [4.69, 9.17) is 8.83 Å². The molecular weight excluding hydrogens is 951 g/mol. The topological polar surface area (TPSA) is 37.7 Å². The average Bonchev–Trinajstić information content (AvgIpc) is 4.36. The van der Waals surface area contributed by atoms with E-state index in [1.54, 1.807) is 0 Å². The normalized spacial score (nSPS) is 12.7. The average molecular weight is 998 g/mol. The summed E-state index contributed by atoms with van der Waals surface area (Å²) in [5.74, 6) is 0. The highest BCUT2D eigenvalue weighted by molar-refractivity contribution is 6.14. The number of rotatable bonds is 9. The Kier molecular flexibility index (Phi) is 9.78. The number of hydrogen-bond donors (Lipinski definition) is 0. The smallest absolute Gasteiger partial charge is 0.137 e. The first-order valence-electron chi connectivity index (χ1n) is 26.6. The fourth-order valence-electron chi connectivity index (χ4n) is 12.9. The summed E-state index contributed by atoms with van der Waals surface area (Å²) in [4.78, 5) is 4.71. The third-order valence-electron chi connectivity index (χ3n) is 16.2. The molecule has 5 nitrogen and oxygen atoms in total. The Balaban J connectivity index is 0.945. The van der Waals surface area contributed by atoms with Crippen LogP contribution < -0.4 is 9.80 Å². The number of benzene rings is 12. The second-order valence-electron chi connectivity index (χ2n) is 20.4. The number of fused-ring (bicyclic) bond motifs is 12. The van der Waals surface area contributed by atoms with Crippen LogP contribution in [-0.2, 0) is 5.41 Å². The van der Waals surface area contributed by atoms with Gasteiger partial charge in [0.05, 0.1) is 16.4 Å². The summed E-state index contributed by atoms with van der Waals surface area (Å²) in [6.07, 6.45) is 0. The lowest BCUT2D eigenvalue weighted by molar-refractivity contribution is 0.668. The van der Waals surface area contributed by atoms with Crippen molar-refractivity contribution < 1.29 is 8.83 Å². The van der Waals surface area contributed by atoms with Gasteiger partial charge in [0.25, 0.3) is 0 Å². The molecule has 0 unspecified atom stereocenters. The lowest BCUT2D eigenvalue weighted by Gasteiger charge is -2.35. The molecule has 0 aliphatic heterocycles. The van der Waals surface area contributed by atoms with E-state index in [9.17, 15) is 0 Å². The van der Waals surface area contributed by atoms with Gasteiger partial charge in [-0.05, 0) is 143 Å². The largest absolute Gasteiger partial charge is 0.456 e. The highest BCUT2D eigenvalue weighted by Gasteiger charge is 2.47. The Morgan fingerprint density at radius 1 is 0.269 bits per heavy atom. The van der Waals surface area contributed by atoms with E-state index >= 15 is 0 Å². The summed E-state index contributed by atoms with van der Waals surface area (Å²) in [6.45, 7) is 0. The minimum atomic E-state index is -0.703. The molecule has 0 saturated carbocycles. The molecule has 0 saturated heterocycles. The Hall–Kier alpha value is -10.4. The number of nitrogens with zero attached hydrogens (tertiary/aromatic N) is 3. The first kappa shape index (κ1) is 44.0. The Bertz CT molecular complexity index is 4750. The van der Waals surface area contributed by atoms with E-state index in [0.29, 0.717) is 0 Å². The predicted molar refractivity (Wildman–Crippen MR) is 322 cm³/mol. The molecule has 0 fully saturated rings. The Morgan fingerprint density at radius 2 is 0.679 bits per heavy atom. The Labute approximate surface area is 450 Å². The first-order valence-corrected chi connectivity index (χ1v) is 26.6. The summed E-state index contributed by atoms with van der Waals surface area (Å²) < 4.78 is 15.5. The van der Waals surface area contributed by atoms with E-state index < -0.39 is 5.41 Å². The van der Waals surface area contributed by atoms with E-state index in [1.165, 1.54) is 44.2 Å². The summed E-state index contributed by atoms with van der Waals surface area (Å²) in [5, 5.41) is 6.79. The quantitative estimate of drug-likeness (QED) is 0.144. The van der Waals surface area contributed by atoms with Gasteiger partial charge in [-0.1, -0.05) is 164 Å². The second-order valence-corrected chi connectivity index (χ2v) is 20.4. The SMILES string of the molecule is c1ccc(N(c2ccc3c(c2)C(c2ccccc2)(c2ccccc2)c2cc4c(cc2-3)c2ccc(N(c3ccccc3)c3ccc5c(c3)oc3ccccc35)cc2n4-c2ccccc2)c2ccc3c(c2)oc2ccccc23)cc1. The van der Waals surface area contributed by atoms with Crippen LogP contribution in [0.5, 0.6) is 0 Å². The van der Waals surface area contributed by atoms with Crippen LogP contribution in [0.2, 0.25) is 0 Å². The molecule has 78 heavy (non-hydrogen) atoms. The zero-order chi connectivity index (χ0) is 51.3. The van der Waals surface area contributed by atoms with Crippen molar-refractivity contribution in [3.05, 3.63) is 307 Å². The minimum Gasteiger partial charge on any atom is -0.456 e. The molecule has 12 aromatic carbocycles. The molecule has 3 aromatic heterocycles. The maximum absolute atomic E-state index is 6.53. The van der Waals surface area contributed by atoms with Crippen molar-refractivity contribution in [3.8, 4) is 16.8 Å². The molecule has 1 aliphatic carbocycles. The van der Waals surface area contributed by atoms with Gasteiger partial charge in [-0.15, -0.1) is 0 Å². The van der Waals surface area contributed by atoms with Crippen LogP contribution in [0.1, 0.15) is 22.3 Å². The van der Waals surface area contributed by atoms with Gasteiger partial charge in [-0.3, -0.25) is 0 Å². The zero-order valence-corrected chi connectivity index (χ0v) is 42.3. The van der Waals surface area contributed by atoms with Crippen molar-refractivity contribution in [1.29, 1.82) is 0 Å². The molecule has 0 atom stereocenters. The number of hydrogen-bond acceptors (Lipinski definition) is 4. The van der Waals surface area contributed by atoms with Crippen LogP contribution in [0, 0.1) is 0 Å². The lowest BCUT2D eigenvalue weighted by atomic mass is 9.67. The van der Waals surface area contributed by atoms with Gasteiger partial charge in [-0.2, -0.15) is 0 Å². The summed E-state index contributed by atoms with van der Waals surface area (Å²) in [6, 6.07) is 103. The van der Waals surface area contributed by atoms with Crippen LogP contribution in [0.3, 0.4) is 0 Å². The molecule has 16 rings (SSSR count). The molecular formula is C73H47N3O2. The van der Waals surface area contributed by atoms with Crippen molar-refractivity contribution in [2.75, 3.05) is 9.80 Å². The van der Waals surface area contributed by atoms with Crippen molar-refractivity contribution in [2.45, 2.75) is 5.41 Å². The molecule has 1 aliphatic rings. The highest BCUT2D eigenvalue weighted by Crippen LogP contribution is 2.59. The van der Waals surface area contributed by atoms with Crippen LogP contribution in [0.4, 0.5) is 34.1 Å². The van der Waals surface area contributed by atoms with E-state index in [2.05, 4.69) is 275 Å². The van der Waals surface area contributed by atoms with Crippen LogP contribution in [0.15, 0.2) is 294 Å². The highest BCUT2D eigenvalue weighted by atomic mass is 16.3. The standard InChI is InChI=1S/C73H47N3O2/c1-6-20-48(21-7-1)73(49-22-8-2-9-23-49)65-42-53(74(50-24-10-3-11-25-50)55-36-40-61-59-30-16-18-32-69(59)77-71(61)44-55)34-38-57(65)63-46-64-58-39-35-54(43-67(58)76(68(64)47-66(63)73)52-28-14-5-15-29-52)75(51-26-12-4-13-27-51)56-37-41-62-60-31-17-19-33-70(60)78-72(62)45-56/h1-47H. The monoisotopic (exact) mass is 997 g/mol. The third kappa shape index (κ3) is 6.61. The van der Waals surface area contributed by atoms with Gasteiger partial charge < -0.3 is 23.2 Å². The Morgan fingerprint density at radius 3 is 1.23 bits per heavy atom. The van der Waals surface area contributed by atoms with E-state index in [1.807, 2.05) is 24.3 Å². The van der Waals surface area contributed by atoms with Crippen LogP contribution >= 0.6 is 0 Å². The molecule has 0 bridgehead atoms. The van der Waals surface area contributed by atoms with Crippen molar-refractivity contribution in [3.63, 3.8) is 0 Å². The van der Waals surface area contributed by atoms with Crippen LogP contribution in [-0.4, -0.2) is 4.57 Å².